The summed E-state index contributed by atoms with van der Waals surface area (Å²) in [5.41, 5.74) is 1.16. The van der Waals surface area contributed by atoms with Gasteiger partial charge in [-0.1, -0.05) is 18.5 Å². The number of hydrogen-bond donors (Lipinski definition) is 2. The molecule has 104 valence electrons. The van der Waals surface area contributed by atoms with Crippen molar-refractivity contribution >= 4 is 23.5 Å². The molecule has 0 saturated carbocycles. The van der Waals surface area contributed by atoms with E-state index in [0.717, 1.165) is 5.69 Å². The summed E-state index contributed by atoms with van der Waals surface area (Å²) in [6.07, 6.45) is 0.683. The topological polar surface area (TPSA) is 88.5 Å². The molecule has 0 aromatic carbocycles. The van der Waals surface area contributed by atoms with Crippen LogP contribution in [0.2, 0.25) is 5.15 Å². The van der Waals surface area contributed by atoms with Gasteiger partial charge in [0.05, 0.1) is 6.61 Å². The Morgan fingerprint density at radius 3 is 2.84 bits per heavy atom. The highest BCUT2D eigenvalue weighted by molar-refractivity contribution is 6.29. The van der Waals surface area contributed by atoms with E-state index in [1.54, 1.807) is 6.07 Å². The molecule has 0 spiro atoms. The van der Waals surface area contributed by atoms with Crippen molar-refractivity contribution in [2.45, 2.75) is 13.3 Å². The molecule has 19 heavy (non-hydrogen) atoms. The molecule has 0 aliphatic rings. The van der Waals surface area contributed by atoms with E-state index in [1.165, 1.54) is 6.07 Å². The van der Waals surface area contributed by atoms with Crippen molar-refractivity contribution in [2.24, 2.45) is 0 Å². The minimum absolute atomic E-state index is 0.136. The summed E-state index contributed by atoms with van der Waals surface area (Å²) in [7, 11) is 0. The fourth-order valence-corrected chi connectivity index (χ4v) is 1.59. The van der Waals surface area contributed by atoms with Crippen LogP contribution in [0.25, 0.3) is 0 Å². The molecule has 2 N–H and O–H groups in total. The van der Waals surface area contributed by atoms with Gasteiger partial charge >= 0.3 is 5.97 Å². The van der Waals surface area contributed by atoms with Crippen LogP contribution in [0.4, 0.5) is 0 Å². The maximum Gasteiger partial charge on any atom is 0.329 e. The first-order valence-corrected chi connectivity index (χ1v) is 6.15. The minimum atomic E-state index is -1.04. The van der Waals surface area contributed by atoms with E-state index in [1.807, 2.05) is 6.92 Å². The maximum atomic E-state index is 11.8. The molecule has 1 rings (SSSR count). The Morgan fingerprint density at radius 2 is 2.21 bits per heavy atom. The number of carboxylic acid groups (broad SMARTS) is 1. The number of halogens is 1. The molecule has 0 aliphatic heterocycles. The van der Waals surface area contributed by atoms with Crippen LogP contribution in [0.15, 0.2) is 12.1 Å². The lowest BCUT2D eigenvalue weighted by molar-refractivity contribution is -0.142. The van der Waals surface area contributed by atoms with Gasteiger partial charge in [0.25, 0.3) is 5.91 Å². The van der Waals surface area contributed by atoms with Gasteiger partial charge in [0.15, 0.2) is 0 Å². The second-order valence-electron chi connectivity index (χ2n) is 3.73. The van der Waals surface area contributed by atoms with Crippen molar-refractivity contribution in [3.05, 3.63) is 28.5 Å². The number of carbonyl (C=O) groups excluding carboxylic acids is 1. The summed E-state index contributed by atoms with van der Waals surface area (Å²) in [6.45, 7) is 1.90. The molecule has 1 aromatic rings. The summed E-state index contributed by atoms with van der Waals surface area (Å²) in [4.78, 5) is 26.0. The van der Waals surface area contributed by atoms with Crippen molar-refractivity contribution < 1.29 is 19.4 Å². The zero-order chi connectivity index (χ0) is 14.3. The van der Waals surface area contributed by atoms with Gasteiger partial charge in [0.2, 0.25) is 0 Å². The Bertz CT molecular complexity index is 465. The van der Waals surface area contributed by atoms with Gasteiger partial charge in [-0.15, -0.1) is 0 Å². The largest absolute Gasteiger partial charge is 0.480 e. The number of aromatic nitrogens is 1. The van der Waals surface area contributed by atoms with Crippen LogP contribution in [0, 0.1) is 0 Å². The molecule has 1 aromatic heterocycles. The monoisotopic (exact) mass is 286 g/mol. The number of amides is 1. The molecule has 0 unspecified atom stereocenters. The lowest BCUT2D eigenvalue weighted by atomic mass is 10.2. The van der Waals surface area contributed by atoms with Gasteiger partial charge in [-0.05, 0) is 18.6 Å². The SMILES string of the molecule is CCc1cc(C(=O)NCCOCC(=O)O)cc(Cl)n1. The summed E-state index contributed by atoms with van der Waals surface area (Å²) >= 11 is 5.81. The third-order valence-corrected chi connectivity index (χ3v) is 2.42. The van der Waals surface area contributed by atoms with Crippen LogP contribution in [0.1, 0.15) is 23.0 Å². The number of aryl methyl sites for hydroxylation is 1. The van der Waals surface area contributed by atoms with Crippen molar-refractivity contribution in [3.63, 3.8) is 0 Å². The highest BCUT2D eigenvalue weighted by atomic mass is 35.5. The molecule has 0 fully saturated rings. The van der Waals surface area contributed by atoms with E-state index in [-0.39, 0.29) is 30.8 Å². The highest BCUT2D eigenvalue weighted by Crippen LogP contribution is 2.11. The number of carboxylic acids is 1. The molecule has 0 aliphatic carbocycles. The number of pyridine rings is 1. The Labute approximate surface area is 115 Å². The van der Waals surface area contributed by atoms with E-state index in [4.69, 9.17) is 21.4 Å². The molecular weight excluding hydrogens is 272 g/mol. The van der Waals surface area contributed by atoms with E-state index in [0.29, 0.717) is 12.0 Å². The van der Waals surface area contributed by atoms with Gasteiger partial charge in [0.1, 0.15) is 11.8 Å². The normalized spacial score (nSPS) is 10.2. The molecular formula is C12H15ClN2O4. The molecule has 1 amide bonds. The average molecular weight is 287 g/mol. The second kappa shape index (κ2) is 7.70. The third-order valence-electron chi connectivity index (χ3n) is 2.23. The van der Waals surface area contributed by atoms with Crippen LogP contribution in [0.5, 0.6) is 0 Å². The smallest absolute Gasteiger partial charge is 0.329 e. The van der Waals surface area contributed by atoms with Crippen LogP contribution in [0.3, 0.4) is 0 Å². The predicted octanol–water partition coefficient (Wildman–Crippen LogP) is 1.13. The van der Waals surface area contributed by atoms with Gasteiger partial charge in [-0.3, -0.25) is 4.79 Å². The van der Waals surface area contributed by atoms with Crippen LogP contribution < -0.4 is 5.32 Å². The Morgan fingerprint density at radius 1 is 1.47 bits per heavy atom. The fraction of sp³-hybridized carbons (Fsp3) is 0.417. The molecule has 0 radical (unpaired) electrons. The molecule has 0 saturated heterocycles. The van der Waals surface area contributed by atoms with E-state index < -0.39 is 5.97 Å². The van der Waals surface area contributed by atoms with E-state index in [2.05, 4.69) is 10.3 Å². The summed E-state index contributed by atoms with van der Waals surface area (Å²) < 4.78 is 4.80. The Hall–Kier alpha value is -1.66. The highest BCUT2D eigenvalue weighted by Gasteiger charge is 2.08. The average Bonchev–Trinajstić information content (AvgIpc) is 2.36. The fourth-order valence-electron chi connectivity index (χ4n) is 1.36. The number of aliphatic carboxylic acids is 1. The van der Waals surface area contributed by atoms with Gasteiger partial charge in [0, 0.05) is 17.8 Å². The standard InChI is InChI=1S/C12H15ClN2O4/c1-2-9-5-8(6-10(13)15-9)12(18)14-3-4-19-7-11(16)17/h5-6H,2-4,7H2,1H3,(H,14,18)(H,16,17). The first-order valence-electron chi connectivity index (χ1n) is 5.77. The summed E-state index contributed by atoms with van der Waals surface area (Å²) in [5.74, 6) is -1.34. The van der Waals surface area contributed by atoms with Crippen molar-refractivity contribution in [2.75, 3.05) is 19.8 Å². The van der Waals surface area contributed by atoms with E-state index >= 15 is 0 Å². The lowest BCUT2D eigenvalue weighted by Gasteiger charge is -2.07. The Balaban J connectivity index is 2.45. The molecule has 0 atom stereocenters. The number of carbonyl (C=O) groups is 2. The lowest BCUT2D eigenvalue weighted by Crippen LogP contribution is -2.28. The van der Waals surface area contributed by atoms with Crippen molar-refractivity contribution in [1.29, 1.82) is 0 Å². The number of nitrogens with zero attached hydrogens (tertiary/aromatic N) is 1. The Kier molecular flexibility index (Phi) is 6.24. The van der Waals surface area contributed by atoms with Crippen LogP contribution >= 0.6 is 11.6 Å². The predicted molar refractivity (Wildman–Crippen MR) is 69.4 cm³/mol. The minimum Gasteiger partial charge on any atom is -0.480 e. The van der Waals surface area contributed by atoms with Gasteiger partial charge < -0.3 is 15.2 Å². The maximum absolute atomic E-state index is 11.8. The van der Waals surface area contributed by atoms with Gasteiger partial charge in [-0.2, -0.15) is 0 Å². The first-order chi connectivity index (χ1) is 9.02. The van der Waals surface area contributed by atoms with Crippen LogP contribution in [-0.2, 0) is 16.0 Å². The molecule has 1 heterocycles. The second-order valence-corrected chi connectivity index (χ2v) is 4.11. The first kappa shape index (κ1) is 15.4. The van der Waals surface area contributed by atoms with Crippen molar-refractivity contribution in [3.8, 4) is 0 Å². The number of rotatable bonds is 7. The third kappa shape index (κ3) is 5.67. The van der Waals surface area contributed by atoms with Crippen molar-refractivity contribution in [1.82, 2.24) is 10.3 Å². The number of nitrogens with one attached hydrogen (secondary N) is 1. The summed E-state index contributed by atoms with van der Waals surface area (Å²) in [5, 5.41) is 11.2. The zero-order valence-corrected chi connectivity index (χ0v) is 11.2. The molecule has 7 heteroatoms. The quantitative estimate of drug-likeness (QED) is 0.579. The zero-order valence-electron chi connectivity index (χ0n) is 10.5. The molecule has 6 nitrogen and oxygen atoms in total. The van der Waals surface area contributed by atoms with E-state index in [9.17, 15) is 9.59 Å². The van der Waals surface area contributed by atoms with Gasteiger partial charge in [-0.25, -0.2) is 9.78 Å². The number of ether oxygens (including phenoxy) is 1. The van der Waals surface area contributed by atoms with Crippen LogP contribution in [-0.4, -0.2) is 41.7 Å². The molecule has 0 bridgehead atoms. The number of hydrogen-bond acceptors (Lipinski definition) is 4. The summed E-state index contributed by atoms with van der Waals surface area (Å²) in [6, 6.07) is 3.15.